The average Bonchev–Trinajstić information content (AvgIpc) is 3.14. The summed E-state index contributed by atoms with van der Waals surface area (Å²) in [7, 11) is 2.95. The molecule has 0 bridgehead atoms. The number of methoxy groups -OCH3 is 2. The molecule has 1 amide bonds. The zero-order chi connectivity index (χ0) is 25.8. The van der Waals surface area contributed by atoms with Gasteiger partial charge in [0, 0.05) is 29.7 Å². The third-order valence-electron chi connectivity index (χ3n) is 7.39. The number of alkyl halides is 1. The molecule has 1 unspecified atom stereocenters. The number of carbonyl (C=O) groups is 2. The van der Waals surface area contributed by atoms with Crippen molar-refractivity contribution in [1.82, 2.24) is 9.88 Å². The Hall–Kier alpha value is -2.74. The molecular formula is C27H33ClN2O6. The molecule has 9 heteroatoms. The Morgan fingerprint density at radius 3 is 2.56 bits per heavy atom. The number of benzene rings is 1. The van der Waals surface area contributed by atoms with Gasteiger partial charge < -0.3 is 18.9 Å². The molecule has 1 aliphatic carbocycles. The zero-order valence-corrected chi connectivity index (χ0v) is 22.2. The molecule has 3 aliphatic rings. The van der Waals surface area contributed by atoms with E-state index in [-0.39, 0.29) is 13.0 Å². The Morgan fingerprint density at radius 2 is 1.94 bits per heavy atom. The van der Waals surface area contributed by atoms with Gasteiger partial charge in [0.1, 0.15) is 28.7 Å². The monoisotopic (exact) mass is 516 g/mol. The van der Waals surface area contributed by atoms with Crippen LogP contribution in [0.5, 0.6) is 11.5 Å². The van der Waals surface area contributed by atoms with Gasteiger partial charge in [0.2, 0.25) is 0 Å². The van der Waals surface area contributed by atoms with E-state index >= 15 is 0 Å². The lowest BCUT2D eigenvalue weighted by Gasteiger charge is -2.40. The van der Waals surface area contributed by atoms with Crippen molar-refractivity contribution in [2.24, 2.45) is 0 Å². The quantitative estimate of drug-likeness (QED) is 0.393. The lowest BCUT2D eigenvalue weighted by atomic mass is 9.79. The molecule has 2 fully saturated rings. The van der Waals surface area contributed by atoms with E-state index in [1.54, 1.807) is 27.9 Å². The summed E-state index contributed by atoms with van der Waals surface area (Å²) in [5.41, 5.74) is 1.10. The predicted octanol–water partition coefficient (Wildman–Crippen LogP) is 5.49. The minimum Gasteiger partial charge on any atom is -0.497 e. The van der Waals surface area contributed by atoms with E-state index in [9.17, 15) is 9.59 Å². The Balaban J connectivity index is 1.58. The Kier molecular flexibility index (Phi) is 6.22. The molecule has 3 atom stereocenters. The highest BCUT2D eigenvalue weighted by molar-refractivity contribution is 6.22. The van der Waals surface area contributed by atoms with E-state index in [0.29, 0.717) is 18.1 Å². The smallest absolute Gasteiger partial charge is 0.411 e. The number of hydrogen-bond acceptors (Lipinski definition) is 7. The van der Waals surface area contributed by atoms with Crippen molar-refractivity contribution in [3.63, 3.8) is 0 Å². The summed E-state index contributed by atoms with van der Waals surface area (Å²) < 4.78 is 22.9. The number of nitrogens with zero attached hydrogens (tertiary/aromatic N) is 2. The fraction of sp³-hybridized carbons (Fsp3) is 0.593. The molecule has 5 rings (SSSR count). The number of carbonyl (C=O) groups excluding carboxylic acids is 2. The van der Waals surface area contributed by atoms with E-state index in [4.69, 9.17) is 35.5 Å². The summed E-state index contributed by atoms with van der Waals surface area (Å²) in [6.45, 7) is 5.55. The molecule has 1 saturated heterocycles. The van der Waals surface area contributed by atoms with Crippen molar-refractivity contribution in [2.75, 3.05) is 20.8 Å². The van der Waals surface area contributed by atoms with Crippen molar-refractivity contribution >= 4 is 34.6 Å². The van der Waals surface area contributed by atoms with Crippen molar-refractivity contribution < 1.29 is 28.5 Å². The van der Waals surface area contributed by atoms with Crippen LogP contribution in [0, 0.1) is 0 Å². The normalized spacial score (nSPS) is 25.8. The number of ether oxygens (including phenoxy) is 4. The number of hydrogen-bond donors (Lipinski definition) is 0. The van der Waals surface area contributed by atoms with Gasteiger partial charge in [-0.05, 0) is 51.8 Å². The van der Waals surface area contributed by atoms with Crippen LogP contribution in [0.3, 0.4) is 0 Å². The van der Waals surface area contributed by atoms with Crippen molar-refractivity contribution in [3.05, 3.63) is 29.5 Å². The van der Waals surface area contributed by atoms with Gasteiger partial charge in [0.15, 0.2) is 0 Å². The largest absolute Gasteiger partial charge is 0.497 e. The number of halogens is 1. The average molecular weight is 517 g/mol. The molecule has 1 saturated carbocycles. The van der Waals surface area contributed by atoms with E-state index in [0.717, 1.165) is 47.2 Å². The SMILES string of the molecule is COC(=O)[C@@H]1C[C@@]2(CC(Cl)c3c(c(C4CCC4)nc4ccc(OC)cc34)O2)CN1C(=O)OC(C)(C)C. The maximum absolute atomic E-state index is 13.1. The minimum atomic E-state index is -0.859. The molecule has 8 nitrogen and oxygen atoms in total. The summed E-state index contributed by atoms with van der Waals surface area (Å²) in [5.74, 6) is 1.19. The van der Waals surface area contributed by atoms with Crippen LogP contribution in [0.15, 0.2) is 18.2 Å². The van der Waals surface area contributed by atoms with Gasteiger partial charge in [0.05, 0.1) is 37.4 Å². The molecular weight excluding hydrogens is 484 g/mol. The highest BCUT2D eigenvalue weighted by Gasteiger charge is 2.55. The number of esters is 1. The van der Waals surface area contributed by atoms with Crippen molar-refractivity contribution in [2.45, 2.75) is 81.4 Å². The first-order valence-corrected chi connectivity index (χ1v) is 12.9. The zero-order valence-electron chi connectivity index (χ0n) is 21.4. The van der Waals surface area contributed by atoms with Gasteiger partial charge in [-0.3, -0.25) is 4.90 Å². The molecule has 0 radical (unpaired) electrons. The number of aromatic nitrogens is 1. The topological polar surface area (TPSA) is 87.2 Å². The molecule has 0 N–H and O–H groups in total. The fourth-order valence-corrected chi connectivity index (χ4v) is 5.99. The minimum absolute atomic E-state index is 0.171. The first-order chi connectivity index (χ1) is 17.0. The van der Waals surface area contributed by atoms with E-state index in [2.05, 4.69) is 0 Å². The van der Waals surface area contributed by atoms with Crippen LogP contribution in [-0.4, -0.2) is 60.0 Å². The second-order valence-corrected chi connectivity index (χ2v) is 11.6. The Bertz CT molecular complexity index is 1210. The number of likely N-dealkylation sites (tertiary alicyclic amines) is 1. The highest BCUT2D eigenvalue weighted by atomic mass is 35.5. The summed E-state index contributed by atoms with van der Waals surface area (Å²) in [6.07, 6.45) is 3.35. The Labute approximate surface area is 216 Å². The van der Waals surface area contributed by atoms with Crippen LogP contribution >= 0.6 is 11.6 Å². The molecule has 1 aromatic heterocycles. The third-order valence-corrected chi connectivity index (χ3v) is 7.76. The van der Waals surface area contributed by atoms with Crippen LogP contribution in [0.1, 0.15) is 75.4 Å². The van der Waals surface area contributed by atoms with E-state index < -0.39 is 34.7 Å². The van der Waals surface area contributed by atoms with Crippen LogP contribution in [0.25, 0.3) is 10.9 Å². The lowest BCUT2D eigenvalue weighted by Crippen LogP contribution is -2.46. The van der Waals surface area contributed by atoms with Gasteiger partial charge in [-0.1, -0.05) is 6.42 Å². The van der Waals surface area contributed by atoms with Crippen LogP contribution in [-0.2, 0) is 14.3 Å². The van der Waals surface area contributed by atoms with E-state index in [1.165, 1.54) is 12.0 Å². The molecule has 1 aromatic carbocycles. The van der Waals surface area contributed by atoms with Crippen LogP contribution in [0.4, 0.5) is 4.79 Å². The molecule has 36 heavy (non-hydrogen) atoms. The van der Waals surface area contributed by atoms with Gasteiger partial charge in [0.25, 0.3) is 0 Å². The summed E-state index contributed by atoms with van der Waals surface area (Å²) in [6, 6.07) is 4.98. The third kappa shape index (κ3) is 4.33. The summed E-state index contributed by atoms with van der Waals surface area (Å²) in [5, 5.41) is 0.496. The molecule has 2 aromatic rings. The lowest BCUT2D eigenvalue weighted by molar-refractivity contribution is -0.145. The number of amides is 1. The first-order valence-electron chi connectivity index (χ1n) is 12.5. The second-order valence-electron chi connectivity index (χ2n) is 11.1. The maximum Gasteiger partial charge on any atom is 0.411 e. The second kappa shape index (κ2) is 8.98. The number of pyridine rings is 1. The van der Waals surface area contributed by atoms with Crippen molar-refractivity contribution in [1.29, 1.82) is 0 Å². The van der Waals surface area contributed by atoms with Gasteiger partial charge in [-0.15, -0.1) is 11.6 Å². The molecule has 2 aliphatic heterocycles. The molecule has 1 spiro atoms. The van der Waals surface area contributed by atoms with Gasteiger partial charge in [-0.25, -0.2) is 14.6 Å². The maximum atomic E-state index is 13.1. The standard InChI is InChI=1S/C27H33ClN2O6/c1-26(2,3)36-25(32)30-14-27(13-20(30)24(31)34-5)12-18(28)21-17-11-16(33-4)9-10-19(17)29-22(23(21)35-27)15-7-6-8-15/h9-11,15,18,20H,6-8,12-14H2,1-5H3/t18?,20-,27-/m0/s1. The summed E-state index contributed by atoms with van der Waals surface area (Å²) in [4.78, 5) is 32.3. The van der Waals surface area contributed by atoms with Crippen LogP contribution in [0.2, 0.25) is 0 Å². The van der Waals surface area contributed by atoms with Crippen LogP contribution < -0.4 is 9.47 Å². The van der Waals surface area contributed by atoms with Gasteiger partial charge in [-0.2, -0.15) is 0 Å². The summed E-state index contributed by atoms with van der Waals surface area (Å²) >= 11 is 7.12. The number of rotatable bonds is 3. The first kappa shape index (κ1) is 24.9. The Morgan fingerprint density at radius 1 is 1.19 bits per heavy atom. The van der Waals surface area contributed by atoms with Crippen molar-refractivity contribution in [3.8, 4) is 11.5 Å². The highest BCUT2D eigenvalue weighted by Crippen LogP contribution is 2.54. The van der Waals surface area contributed by atoms with Gasteiger partial charge >= 0.3 is 12.1 Å². The van der Waals surface area contributed by atoms with E-state index in [1.807, 2.05) is 18.2 Å². The molecule has 194 valence electrons. The number of fused-ring (bicyclic) bond motifs is 3. The fourth-order valence-electron chi connectivity index (χ4n) is 5.49. The predicted molar refractivity (Wildman–Crippen MR) is 135 cm³/mol. The molecule has 3 heterocycles.